The number of aliphatic hydroxyl groups excluding tert-OH is 1. The minimum absolute atomic E-state index is 0.0808. The molecule has 2 rings (SSSR count). The number of carbonyl (C=O) groups is 2. The molecular formula is C17H21FN2O3. The molecule has 0 aliphatic carbocycles. The number of rotatable bonds is 4. The molecule has 0 radical (unpaired) electrons. The van der Waals surface area contributed by atoms with Gasteiger partial charge in [-0.25, -0.2) is 4.39 Å². The van der Waals surface area contributed by atoms with Gasteiger partial charge in [-0.3, -0.25) is 9.59 Å². The van der Waals surface area contributed by atoms with Gasteiger partial charge in [-0.1, -0.05) is 6.92 Å². The van der Waals surface area contributed by atoms with Crippen LogP contribution in [0.1, 0.15) is 19.8 Å². The zero-order chi connectivity index (χ0) is 16.8. The number of halogens is 1. The minimum Gasteiger partial charge on any atom is -0.394 e. The number of aliphatic hydroxyl groups is 1. The van der Waals surface area contributed by atoms with Crippen molar-refractivity contribution in [1.82, 2.24) is 4.90 Å². The normalized spacial score (nSPS) is 21.4. The molecule has 0 saturated carbocycles. The van der Waals surface area contributed by atoms with Crippen LogP contribution in [-0.4, -0.2) is 41.0 Å². The van der Waals surface area contributed by atoms with Crippen LogP contribution in [0.15, 0.2) is 36.4 Å². The Balaban J connectivity index is 1.94. The molecule has 6 heteroatoms. The molecule has 2 atom stereocenters. The van der Waals surface area contributed by atoms with Crippen LogP contribution in [0.25, 0.3) is 0 Å². The molecule has 1 aliphatic heterocycles. The van der Waals surface area contributed by atoms with Crippen LogP contribution in [0, 0.1) is 11.7 Å². The van der Waals surface area contributed by atoms with Gasteiger partial charge in [0, 0.05) is 24.4 Å². The van der Waals surface area contributed by atoms with E-state index in [9.17, 15) is 19.1 Å². The van der Waals surface area contributed by atoms with Gasteiger partial charge in [0.15, 0.2) is 0 Å². The minimum atomic E-state index is -0.462. The van der Waals surface area contributed by atoms with Gasteiger partial charge >= 0.3 is 0 Å². The summed E-state index contributed by atoms with van der Waals surface area (Å²) in [4.78, 5) is 25.6. The molecular weight excluding hydrogens is 299 g/mol. The second kappa shape index (κ2) is 7.87. The highest BCUT2D eigenvalue weighted by Crippen LogP contribution is 2.23. The summed E-state index contributed by atoms with van der Waals surface area (Å²) < 4.78 is 12.8. The van der Waals surface area contributed by atoms with Gasteiger partial charge in [-0.15, -0.1) is 0 Å². The van der Waals surface area contributed by atoms with E-state index in [-0.39, 0.29) is 30.3 Å². The molecule has 1 aromatic carbocycles. The van der Waals surface area contributed by atoms with E-state index in [0.717, 1.165) is 18.9 Å². The van der Waals surface area contributed by atoms with Crippen molar-refractivity contribution in [3.63, 3.8) is 0 Å². The number of hydrogen-bond acceptors (Lipinski definition) is 3. The van der Waals surface area contributed by atoms with Gasteiger partial charge in [-0.05, 0) is 43.0 Å². The summed E-state index contributed by atoms with van der Waals surface area (Å²) in [5.74, 6) is -0.900. The number of carbonyl (C=O) groups excluding carboxylic acids is 2. The van der Waals surface area contributed by atoms with Gasteiger partial charge in [-0.2, -0.15) is 0 Å². The third-order valence-electron chi connectivity index (χ3n) is 4.07. The van der Waals surface area contributed by atoms with Crippen LogP contribution in [-0.2, 0) is 9.59 Å². The topological polar surface area (TPSA) is 69.6 Å². The summed E-state index contributed by atoms with van der Waals surface area (Å²) in [6.45, 7) is 2.51. The average Bonchev–Trinajstić information content (AvgIpc) is 2.54. The van der Waals surface area contributed by atoms with Crippen LogP contribution in [0.4, 0.5) is 10.1 Å². The second-order valence-corrected chi connectivity index (χ2v) is 5.73. The first kappa shape index (κ1) is 17.1. The van der Waals surface area contributed by atoms with E-state index < -0.39 is 5.91 Å². The summed E-state index contributed by atoms with van der Waals surface area (Å²) in [7, 11) is 0. The van der Waals surface area contributed by atoms with Crippen LogP contribution in [0.2, 0.25) is 0 Å². The number of piperidine rings is 1. The molecule has 2 unspecified atom stereocenters. The summed E-state index contributed by atoms with van der Waals surface area (Å²) in [6.07, 6.45) is 4.22. The van der Waals surface area contributed by atoms with E-state index in [1.54, 1.807) is 4.90 Å². The van der Waals surface area contributed by atoms with Gasteiger partial charge < -0.3 is 15.3 Å². The fourth-order valence-electron chi connectivity index (χ4n) is 2.76. The van der Waals surface area contributed by atoms with Gasteiger partial charge in [0.05, 0.1) is 12.6 Å². The molecule has 23 heavy (non-hydrogen) atoms. The van der Waals surface area contributed by atoms with E-state index in [1.807, 2.05) is 6.92 Å². The van der Waals surface area contributed by atoms with Crippen molar-refractivity contribution < 1.29 is 19.1 Å². The third kappa shape index (κ3) is 4.63. The Bertz CT molecular complexity index is 586. The van der Waals surface area contributed by atoms with Crippen molar-refractivity contribution in [1.29, 1.82) is 0 Å². The zero-order valence-electron chi connectivity index (χ0n) is 13.0. The number of likely N-dealkylation sites (tertiary alicyclic amines) is 1. The van der Waals surface area contributed by atoms with Crippen LogP contribution in [0.3, 0.4) is 0 Å². The van der Waals surface area contributed by atoms with Crippen molar-refractivity contribution in [2.75, 3.05) is 18.5 Å². The van der Waals surface area contributed by atoms with Gasteiger partial charge in [0.1, 0.15) is 5.82 Å². The first-order valence-corrected chi connectivity index (χ1v) is 7.67. The van der Waals surface area contributed by atoms with Gasteiger partial charge in [0.25, 0.3) is 0 Å². The lowest BCUT2D eigenvalue weighted by Gasteiger charge is -2.38. The Kier molecular flexibility index (Phi) is 5.87. The molecule has 5 nitrogen and oxygen atoms in total. The van der Waals surface area contributed by atoms with Crippen LogP contribution in [0.5, 0.6) is 0 Å². The quantitative estimate of drug-likeness (QED) is 0.833. The molecule has 1 aromatic rings. The summed E-state index contributed by atoms with van der Waals surface area (Å²) >= 11 is 0. The molecule has 1 saturated heterocycles. The lowest BCUT2D eigenvalue weighted by Crippen LogP contribution is -2.49. The molecule has 2 N–H and O–H groups in total. The third-order valence-corrected chi connectivity index (χ3v) is 4.07. The number of amides is 2. The van der Waals surface area contributed by atoms with E-state index in [4.69, 9.17) is 0 Å². The first-order chi connectivity index (χ1) is 11.0. The molecule has 2 amide bonds. The highest BCUT2D eigenvalue weighted by Gasteiger charge is 2.30. The summed E-state index contributed by atoms with van der Waals surface area (Å²) in [6, 6.07) is 5.16. The summed E-state index contributed by atoms with van der Waals surface area (Å²) in [5.41, 5.74) is 0.452. The summed E-state index contributed by atoms with van der Waals surface area (Å²) in [5, 5.41) is 12.0. The Hall–Kier alpha value is -2.21. The number of benzene rings is 1. The van der Waals surface area contributed by atoms with Crippen molar-refractivity contribution in [3.8, 4) is 0 Å². The maximum absolute atomic E-state index is 12.8. The molecule has 1 heterocycles. The van der Waals surface area contributed by atoms with E-state index in [0.29, 0.717) is 12.2 Å². The second-order valence-electron chi connectivity index (χ2n) is 5.73. The van der Waals surface area contributed by atoms with Crippen molar-refractivity contribution in [2.45, 2.75) is 25.8 Å². The fraction of sp³-hybridized carbons (Fsp3) is 0.412. The lowest BCUT2D eigenvalue weighted by atomic mass is 9.91. The zero-order valence-corrected chi connectivity index (χ0v) is 13.0. The highest BCUT2D eigenvalue weighted by molar-refractivity contribution is 6.03. The Labute approximate surface area is 134 Å². The number of anilines is 1. The Morgan fingerprint density at radius 3 is 2.70 bits per heavy atom. The van der Waals surface area contributed by atoms with Crippen LogP contribution < -0.4 is 5.32 Å². The molecule has 124 valence electrons. The highest BCUT2D eigenvalue weighted by atomic mass is 19.1. The smallest absolute Gasteiger partial charge is 0.248 e. The number of nitrogens with one attached hydrogen (secondary N) is 1. The Morgan fingerprint density at radius 2 is 2.04 bits per heavy atom. The SMILES string of the molecule is CC1CCCN(C(=O)/C=C/C(=O)Nc2ccc(F)cc2)C1CO. The molecule has 0 spiro atoms. The number of hydrogen-bond donors (Lipinski definition) is 2. The van der Waals surface area contributed by atoms with Crippen molar-refractivity contribution in [3.05, 3.63) is 42.2 Å². The number of nitrogens with zero attached hydrogens (tertiary/aromatic N) is 1. The monoisotopic (exact) mass is 320 g/mol. The van der Waals surface area contributed by atoms with Crippen molar-refractivity contribution >= 4 is 17.5 Å². The predicted molar refractivity (Wildman–Crippen MR) is 85.2 cm³/mol. The standard InChI is InChI=1S/C17H21FN2O3/c1-12-3-2-10-20(15(12)11-21)17(23)9-8-16(22)19-14-6-4-13(18)5-7-14/h4-9,12,15,21H,2-3,10-11H2,1H3,(H,19,22)/b9-8+. The molecule has 0 bridgehead atoms. The molecule has 1 fully saturated rings. The maximum atomic E-state index is 12.8. The lowest BCUT2D eigenvalue weighted by molar-refractivity contribution is -0.132. The van der Waals surface area contributed by atoms with E-state index in [2.05, 4.69) is 5.32 Å². The van der Waals surface area contributed by atoms with E-state index >= 15 is 0 Å². The maximum Gasteiger partial charge on any atom is 0.248 e. The van der Waals surface area contributed by atoms with E-state index in [1.165, 1.54) is 30.3 Å². The molecule has 1 aliphatic rings. The van der Waals surface area contributed by atoms with Crippen LogP contribution >= 0.6 is 0 Å². The van der Waals surface area contributed by atoms with Gasteiger partial charge in [0.2, 0.25) is 11.8 Å². The first-order valence-electron chi connectivity index (χ1n) is 7.67. The van der Waals surface area contributed by atoms with Crippen molar-refractivity contribution in [2.24, 2.45) is 5.92 Å². The Morgan fingerprint density at radius 1 is 1.35 bits per heavy atom. The average molecular weight is 320 g/mol. The fourth-order valence-corrected chi connectivity index (χ4v) is 2.76. The largest absolute Gasteiger partial charge is 0.394 e. The molecule has 0 aromatic heterocycles. The predicted octanol–water partition coefficient (Wildman–Crippen LogP) is 1.94.